The monoisotopic (exact) mass is 357 g/mol. The summed E-state index contributed by atoms with van der Waals surface area (Å²) >= 11 is 0. The van der Waals surface area contributed by atoms with Crippen molar-refractivity contribution in [2.45, 2.75) is 38.1 Å². The lowest BCUT2D eigenvalue weighted by atomic mass is 10.0. The number of benzene rings is 1. The van der Waals surface area contributed by atoms with Crippen molar-refractivity contribution in [1.29, 1.82) is 0 Å². The van der Waals surface area contributed by atoms with Crippen LogP contribution in [0.1, 0.15) is 37.6 Å². The van der Waals surface area contributed by atoms with Gasteiger partial charge in [0.05, 0.1) is 24.2 Å². The molecule has 1 rings (SSSR count). The zero-order valence-electron chi connectivity index (χ0n) is 14.2. The van der Waals surface area contributed by atoms with Crippen molar-refractivity contribution in [3.63, 3.8) is 0 Å². The van der Waals surface area contributed by atoms with E-state index in [1.165, 1.54) is 31.4 Å². The third kappa shape index (κ3) is 5.04. The molecule has 0 aliphatic heterocycles. The van der Waals surface area contributed by atoms with Crippen LogP contribution in [0.25, 0.3) is 0 Å². The lowest BCUT2D eigenvalue weighted by Gasteiger charge is -2.21. The van der Waals surface area contributed by atoms with Gasteiger partial charge in [0.25, 0.3) is 0 Å². The molecule has 2 atom stereocenters. The van der Waals surface area contributed by atoms with Gasteiger partial charge in [0, 0.05) is 0 Å². The van der Waals surface area contributed by atoms with E-state index in [4.69, 9.17) is 4.74 Å². The summed E-state index contributed by atoms with van der Waals surface area (Å²) in [6.07, 6.45) is 0.601. The smallest absolute Gasteiger partial charge is 0.338 e. The summed E-state index contributed by atoms with van der Waals surface area (Å²) in [6.45, 7) is 5.52. The molecule has 0 unspecified atom stereocenters. The fraction of sp³-hybridized carbons (Fsp3) is 0.500. The van der Waals surface area contributed by atoms with Gasteiger partial charge in [-0.3, -0.25) is 4.79 Å². The quantitative estimate of drug-likeness (QED) is 0.712. The molecule has 0 aliphatic rings. The van der Waals surface area contributed by atoms with Crippen molar-refractivity contribution in [2.24, 2.45) is 5.92 Å². The number of hydrogen-bond acceptors (Lipinski definition) is 6. The van der Waals surface area contributed by atoms with Crippen LogP contribution >= 0.6 is 0 Å². The first kappa shape index (κ1) is 20.1. The second kappa shape index (κ2) is 8.79. The molecule has 0 saturated carbocycles. The number of methoxy groups -OCH3 is 1. The van der Waals surface area contributed by atoms with Gasteiger partial charge in [0.15, 0.2) is 0 Å². The predicted octanol–water partition coefficient (Wildman–Crippen LogP) is 1.73. The number of sulfonamides is 1. The van der Waals surface area contributed by atoms with Crippen molar-refractivity contribution >= 4 is 22.0 Å². The molecule has 0 spiro atoms. The molecule has 24 heavy (non-hydrogen) atoms. The Morgan fingerprint density at radius 1 is 1.17 bits per heavy atom. The van der Waals surface area contributed by atoms with E-state index in [0.29, 0.717) is 6.42 Å². The van der Waals surface area contributed by atoms with Gasteiger partial charge < -0.3 is 9.47 Å². The predicted molar refractivity (Wildman–Crippen MR) is 88.0 cm³/mol. The maximum atomic E-state index is 12.5. The van der Waals surface area contributed by atoms with E-state index in [0.717, 1.165) is 0 Å². The van der Waals surface area contributed by atoms with Crippen LogP contribution in [-0.2, 0) is 24.3 Å². The number of hydrogen-bond donors (Lipinski definition) is 1. The molecular weight excluding hydrogens is 334 g/mol. The Morgan fingerprint density at radius 2 is 1.75 bits per heavy atom. The number of carbonyl (C=O) groups is 2. The first-order valence-electron chi connectivity index (χ1n) is 7.64. The summed E-state index contributed by atoms with van der Waals surface area (Å²) in [7, 11) is -2.72. The second-order valence-corrected chi connectivity index (χ2v) is 6.97. The Labute approximate surface area is 142 Å². The number of ether oxygens (including phenoxy) is 2. The van der Waals surface area contributed by atoms with Crippen molar-refractivity contribution in [2.75, 3.05) is 13.7 Å². The van der Waals surface area contributed by atoms with Crippen LogP contribution < -0.4 is 4.72 Å². The minimum Gasteiger partial charge on any atom is -0.468 e. The van der Waals surface area contributed by atoms with Crippen LogP contribution in [-0.4, -0.2) is 40.1 Å². The highest BCUT2D eigenvalue weighted by molar-refractivity contribution is 7.89. The molecule has 0 aromatic heterocycles. The van der Waals surface area contributed by atoms with Crippen molar-refractivity contribution in [3.05, 3.63) is 29.8 Å². The second-order valence-electron chi connectivity index (χ2n) is 5.25. The number of esters is 2. The standard InChI is InChI=1S/C16H23NO6S/c1-5-11(3)14(16(19)22-4)17-24(20,21)13-9-7-12(8-10-13)15(18)23-6-2/h7-11,14,17H,5-6H2,1-4H3/t11-,14+/m0/s1. The molecule has 0 amide bonds. The van der Waals surface area contributed by atoms with E-state index in [1.54, 1.807) is 13.8 Å². The van der Waals surface area contributed by atoms with E-state index in [-0.39, 0.29) is 23.0 Å². The van der Waals surface area contributed by atoms with E-state index in [1.807, 2.05) is 6.92 Å². The Balaban J connectivity index is 3.02. The molecule has 8 heteroatoms. The van der Waals surface area contributed by atoms with Gasteiger partial charge in [-0.15, -0.1) is 0 Å². The van der Waals surface area contributed by atoms with Crippen LogP contribution in [0.2, 0.25) is 0 Å². The summed E-state index contributed by atoms with van der Waals surface area (Å²) < 4.78 is 36.8. The Bertz CT molecular complexity index is 668. The van der Waals surface area contributed by atoms with E-state index in [9.17, 15) is 18.0 Å². The average Bonchev–Trinajstić information content (AvgIpc) is 2.58. The summed E-state index contributed by atoms with van der Waals surface area (Å²) in [6, 6.07) is 4.33. The maximum Gasteiger partial charge on any atom is 0.338 e. The highest BCUT2D eigenvalue weighted by Gasteiger charge is 2.30. The summed E-state index contributed by atoms with van der Waals surface area (Å²) in [5.41, 5.74) is 0.252. The van der Waals surface area contributed by atoms with Crippen molar-refractivity contribution in [3.8, 4) is 0 Å². The van der Waals surface area contributed by atoms with Crippen LogP contribution in [0, 0.1) is 5.92 Å². The van der Waals surface area contributed by atoms with Crippen LogP contribution in [0.4, 0.5) is 0 Å². The third-order valence-electron chi connectivity index (χ3n) is 3.63. The van der Waals surface area contributed by atoms with E-state index < -0.39 is 28.0 Å². The maximum absolute atomic E-state index is 12.5. The molecular formula is C16H23NO6S. The molecule has 0 aliphatic carbocycles. The lowest BCUT2D eigenvalue weighted by Crippen LogP contribution is -2.45. The fourth-order valence-corrected chi connectivity index (χ4v) is 3.27. The highest BCUT2D eigenvalue weighted by atomic mass is 32.2. The molecule has 0 saturated heterocycles. The largest absolute Gasteiger partial charge is 0.468 e. The van der Waals surface area contributed by atoms with Gasteiger partial charge in [0.2, 0.25) is 10.0 Å². The number of rotatable bonds is 8. The summed E-state index contributed by atoms with van der Waals surface area (Å²) in [4.78, 5) is 23.4. The summed E-state index contributed by atoms with van der Waals surface area (Å²) in [5, 5.41) is 0. The van der Waals surface area contributed by atoms with Crippen molar-refractivity contribution < 1.29 is 27.5 Å². The zero-order chi connectivity index (χ0) is 18.3. The van der Waals surface area contributed by atoms with Crippen LogP contribution in [0.5, 0.6) is 0 Å². The van der Waals surface area contributed by atoms with E-state index in [2.05, 4.69) is 9.46 Å². The van der Waals surface area contributed by atoms with Gasteiger partial charge in [-0.05, 0) is 37.1 Å². The zero-order valence-corrected chi connectivity index (χ0v) is 15.1. The Morgan fingerprint density at radius 3 is 2.21 bits per heavy atom. The van der Waals surface area contributed by atoms with Gasteiger partial charge in [-0.1, -0.05) is 20.3 Å². The average molecular weight is 357 g/mol. The van der Waals surface area contributed by atoms with Crippen LogP contribution in [0.15, 0.2) is 29.2 Å². The SMILES string of the molecule is CCOC(=O)c1ccc(S(=O)(=O)N[C@@H](C(=O)OC)[C@@H](C)CC)cc1. The van der Waals surface area contributed by atoms with Crippen molar-refractivity contribution in [1.82, 2.24) is 4.72 Å². The van der Waals surface area contributed by atoms with Gasteiger partial charge >= 0.3 is 11.9 Å². The molecule has 1 aromatic rings. The molecule has 0 bridgehead atoms. The first-order chi connectivity index (χ1) is 11.3. The Kier molecular flexibility index (Phi) is 7.37. The highest BCUT2D eigenvalue weighted by Crippen LogP contribution is 2.16. The molecule has 1 aromatic carbocycles. The topological polar surface area (TPSA) is 98.8 Å². The molecule has 1 N–H and O–H groups in total. The number of carbonyl (C=O) groups excluding carboxylic acids is 2. The number of nitrogens with one attached hydrogen (secondary N) is 1. The van der Waals surface area contributed by atoms with E-state index >= 15 is 0 Å². The first-order valence-corrected chi connectivity index (χ1v) is 9.12. The summed E-state index contributed by atoms with van der Waals surface area (Å²) in [5.74, 6) is -1.40. The molecule has 0 heterocycles. The molecule has 0 fully saturated rings. The minimum atomic E-state index is -3.93. The Hall–Kier alpha value is -1.93. The normalized spacial score (nSPS) is 13.8. The molecule has 7 nitrogen and oxygen atoms in total. The van der Waals surface area contributed by atoms with Gasteiger partial charge in [0.1, 0.15) is 6.04 Å². The fourth-order valence-electron chi connectivity index (χ4n) is 1.98. The van der Waals surface area contributed by atoms with Crippen LogP contribution in [0.3, 0.4) is 0 Å². The van der Waals surface area contributed by atoms with Gasteiger partial charge in [-0.2, -0.15) is 4.72 Å². The third-order valence-corrected chi connectivity index (χ3v) is 5.08. The molecule has 0 radical (unpaired) electrons. The minimum absolute atomic E-state index is 0.0484. The molecule has 134 valence electrons. The van der Waals surface area contributed by atoms with Gasteiger partial charge in [-0.25, -0.2) is 13.2 Å². The lowest BCUT2D eigenvalue weighted by molar-refractivity contribution is -0.143.